The van der Waals surface area contributed by atoms with Gasteiger partial charge in [0.15, 0.2) is 0 Å². The summed E-state index contributed by atoms with van der Waals surface area (Å²) in [6.45, 7) is 7.73. The van der Waals surface area contributed by atoms with Crippen molar-refractivity contribution in [1.29, 1.82) is 0 Å². The molecule has 0 saturated heterocycles. The van der Waals surface area contributed by atoms with Gasteiger partial charge in [-0.05, 0) is 33.3 Å². The van der Waals surface area contributed by atoms with E-state index in [2.05, 4.69) is 20.6 Å². The number of urea groups is 1. The average Bonchev–Trinajstić information content (AvgIpc) is 2.53. The van der Waals surface area contributed by atoms with Gasteiger partial charge in [0, 0.05) is 18.0 Å². The highest BCUT2D eigenvalue weighted by Crippen LogP contribution is 2.17. The Morgan fingerprint density at radius 1 is 1.23 bits per heavy atom. The van der Waals surface area contributed by atoms with Crippen LogP contribution in [-0.2, 0) is 0 Å². The number of nitrogen functional groups attached to an aromatic ring is 1. The zero-order chi connectivity index (χ0) is 19.3. The molecule has 0 aliphatic carbocycles. The third-order valence-corrected chi connectivity index (χ3v) is 3.56. The van der Waals surface area contributed by atoms with Crippen LogP contribution in [0.4, 0.5) is 16.3 Å². The van der Waals surface area contributed by atoms with Gasteiger partial charge in [-0.1, -0.05) is 30.3 Å². The summed E-state index contributed by atoms with van der Waals surface area (Å²) in [6, 6.07) is 10.7. The van der Waals surface area contributed by atoms with Crippen molar-refractivity contribution in [3.8, 4) is 0 Å². The highest BCUT2D eigenvalue weighted by atomic mass is 16.2. The summed E-state index contributed by atoms with van der Waals surface area (Å²) in [6.07, 6.45) is 1.51. The van der Waals surface area contributed by atoms with Crippen LogP contribution in [0.1, 0.15) is 44.9 Å². The van der Waals surface area contributed by atoms with Crippen LogP contribution < -0.4 is 22.1 Å². The van der Waals surface area contributed by atoms with Gasteiger partial charge >= 0.3 is 6.03 Å². The molecule has 0 fully saturated rings. The summed E-state index contributed by atoms with van der Waals surface area (Å²) >= 11 is 0. The Labute approximate surface area is 153 Å². The molecule has 1 heterocycles. The fourth-order valence-corrected chi connectivity index (χ4v) is 2.35. The first-order valence-corrected chi connectivity index (χ1v) is 8.39. The molecule has 138 valence electrons. The molecule has 1 atom stereocenters. The van der Waals surface area contributed by atoms with Crippen LogP contribution in [0.25, 0.3) is 0 Å². The SMILES string of the molecule is CC(NC(=O)Nc1cc(N)c(C(N)=NC(C)(C)C)cn1)c1ccccc1. The van der Waals surface area contributed by atoms with E-state index in [1.807, 2.05) is 58.0 Å². The standard InChI is InChI=1S/C19H26N6O/c1-12(13-8-6-5-7-9-13)23-18(26)24-16-10-15(20)14(11-22-16)17(21)25-19(2,3)4/h5-12H,1-4H3,(H2,21,25)(H4,20,22,23,24,26). The van der Waals surface area contributed by atoms with Crippen LogP contribution >= 0.6 is 0 Å². The number of nitrogens with zero attached hydrogens (tertiary/aromatic N) is 2. The van der Waals surface area contributed by atoms with Crippen LogP contribution in [0.5, 0.6) is 0 Å². The molecule has 1 aromatic carbocycles. The fourth-order valence-electron chi connectivity index (χ4n) is 2.35. The van der Waals surface area contributed by atoms with Crippen molar-refractivity contribution in [1.82, 2.24) is 10.3 Å². The maximum atomic E-state index is 12.2. The Morgan fingerprint density at radius 3 is 2.46 bits per heavy atom. The average molecular weight is 354 g/mol. The molecular weight excluding hydrogens is 328 g/mol. The second-order valence-electron chi connectivity index (χ2n) is 7.06. The van der Waals surface area contributed by atoms with E-state index in [0.717, 1.165) is 5.56 Å². The summed E-state index contributed by atoms with van der Waals surface area (Å²) in [5.41, 5.74) is 13.7. The first-order valence-electron chi connectivity index (χ1n) is 8.39. The number of amides is 2. The number of carbonyl (C=O) groups excluding carboxylic acids is 1. The predicted octanol–water partition coefficient (Wildman–Crippen LogP) is 3.05. The minimum atomic E-state index is -0.364. The van der Waals surface area contributed by atoms with Crippen LogP contribution in [0.2, 0.25) is 0 Å². The van der Waals surface area contributed by atoms with Crippen molar-refractivity contribution >= 4 is 23.4 Å². The first kappa shape index (κ1) is 19.2. The Kier molecular flexibility index (Phi) is 5.82. The third kappa shape index (κ3) is 5.47. The molecule has 7 heteroatoms. The van der Waals surface area contributed by atoms with E-state index in [-0.39, 0.29) is 17.6 Å². The van der Waals surface area contributed by atoms with Crippen molar-refractivity contribution in [2.24, 2.45) is 10.7 Å². The topological polar surface area (TPSA) is 118 Å². The van der Waals surface area contributed by atoms with E-state index in [4.69, 9.17) is 11.5 Å². The second-order valence-corrected chi connectivity index (χ2v) is 7.06. The van der Waals surface area contributed by atoms with Gasteiger partial charge in [0.2, 0.25) is 0 Å². The van der Waals surface area contributed by atoms with Gasteiger partial charge in [-0.25, -0.2) is 9.78 Å². The normalized spacial score (nSPS) is 13.2. The molecule has 0 saturated carbocycles. The number of nitrogens with one attached hydrogen (secondary N) is 2. The monoisotopic (exact) mass is 354 g/mol. The van der Waals surface area contributed by atoms with E-state index in [1.54, 1.807) is 6.07 Å². The number of hydrogen-bond donors (Lipinski definition) is 4. The number of nitrogens with two attached hydrogens (primary N) is 2. The summed E-state index contributed by atoms with van der Waals surface area (Å²) in [7, 11) is 0. The molecule has 0 aliphatic heterocycles. The van der Waals surface area contributed by atoms with Crippen molar-refractivity contribution in [2.45, 2.75) is 39.3 Å². The number of aromatic nitrogens is 1. The Hall–Kier alpha value is -3.09. The molecule has 2 rings (SSSR count). The largest absolute Gasteiger partial charge is 0.398 e. The van der Waals surface area contributed by atoms with Crippen molar-refractivity contribution in [3.63, 3.8) is 0 Å². The molecule has 1 aromatic heterocycles. The van der Waals surface area contributed by atoms with Crippen LogP contribution in [0, 0.1) is 0 Å². The molecule has 0 aliphatic rings. The fraction of sp³-hybridized carbons (Fsp3) is 0.316. The number of aliphatic imine (C=N–C) groups is 1. The number of amidine groups is 1. The van der Waals surface area contributed by atoms with E-state index in [9.17, 15) is 4.79 Å². The quantitative estimate of drug-likeness (QED) is 0.498. The number of carbonyl (C=O) groups is 1. The number of hydrogen-bond acceptors (Lipinski definition) is 4. The third-order valence-electron chi connectivity index (χ3n) is 3.56. The zero-order valence-corrected chi connectivity index (χ0v) is 15.6. The lowest BCUT2D eigenvalue weighted by Gasteiger charge is -2.16. The Balaban J connectivity index is 2.05. The van der Waals surface area contributed by atoms with Crippen molar-refractivity contribution < 1.29 is 4.79 Å². The Morgan fingerprint density at radius 2 is 1.88 bits per heavy atom. The van der Waals surface area contributed by atoms with Gasteiger partial charge in [0.25, 0.3) is 0 Å². The summed E-state index contributed by atoms with van der Waals surface area (Å²) in [5.74, 6) is 0.656. The molecule has 7 nitrogen and oxygen atoms in total. The second kappa shape index (κ2) is 7.86. The minimum Gasteiger partial charge on any atom is -0.398 e. The lowest BCUT2D eigenvalue weighted by molar-refractivity contribution is 0.249. The predicted molar refractivity (Wildman–Crippen MR) is 106 cm³/mol. The van der Waals surface area contributed by atoms with Gasteiger partial charge < -0.3 is 16.8 Å². The lowest BCUT2D eigenvalue weighted by Crippen LogP contribution is -2.31. The van der Waals surface area contributed by atoms with Crippen molar-refractivity contribution in [2.75, 3.05) is 11.1 Å². The zero-order valence-electron chi connectivity index (χ0n) is 15.6. The van der Waals surface area contributed by atoms with Gasteiger partial charge in [-0.2, -0.15) is 0 Å². The van der Waals surface area contributed by atoms with E-state index in [0.29, 0.717) is 22.9 Å². The molecule has 26 heavy (non-hydrogen) atoms. The summed E-state index contributed by atoms with van der Waals surface area (Å²) in [5, 5.41) is 5.53. The van der Waals surface area contributed by atoms with Gasteiger partial charge in [-0.3, -0.25) is 10.3 Å². The van der Waals surface area contributed by atoms with Crippen LogP contribution in [0.15, 0.2) is 47.6 Å². The maximum absolute atomic E-state index is 12.2. The molecular formula is C19H26N6O. The van der Waals surface area contributed by atoms with Crippen LogP contribution in [-0.4, -0.2) is 22.4 Å². The van der Waals surface area contributed by atoms with Gasteiger partial charge in [0.1, 0.15) is 11.7 Å². The highest BCUT2D eigenvalue weighted by Gasteiger charge is 2.14. The minimum absolute atomic E-state index is 0.137. The van der Waals surface area contributed by atoms with E-state index >= 15 is 0 Å². The number of rotatable bonds is 4. The molecule has 6 N–H and O–H groups in total. The number of benzene rings is 1. The van der Waals surface area contributed by atoms with Gasteiger partial charge in [-0.15, -0.1) is 0 Å². The first-order chi connectivity index (χ1) is 12.2. The smallest absolute Gasteiger partial charge is 0.320 e. The maximum Gasteiger partial charge on any atom is 0.320 e. The van der Waals surface area contributed by atoms with E-state index in [1.165, 1.54) is 6.20 Å². The van der Waals surface area contributed by atoms with Crippen molar-refractivity contribution in [3.05, 3.63) is 53.7 Å². The molecule has 0 radical (unpaired) electrons. The molecule has 0 spiro atoms. The van der Waals surface area contributed by atoms with E-state index < -0.39 is 0 Å². The molecule has 1 unspecified atom stereocenters. The Bertz CT molecular complexity index is 795. The highest BCUT2D eigenvalue weighted by molar-refractivity contribution is 6.02. The van der Waals surface area contributed by atoms with Gasteiger partial charge in [0.05, 0.1) is 17.1 Å². The number of pyridine rings is 1. The number of anilines is 2. The summed E-state index contributed by atoms with van der Waals surface area (Å²) in [4.78, 5) is 20.7. The molecule has 2 aromatic rings. The molecule has 0 bridgehead atoms. The van der Waals surface area contributed by atoms with Crippen LogP contribution in [0.3, 0.4) is 0 Å². The summed E-state index contributed by atoms with van der Waals surface area (Å²) < 4.78 is 0. The molecule has 2 amide bonds. The lowest BCUT2D eigenvalue weighted by atomic mass is 10.1.